The van der Waals surface area contributed by atoms with Gasteiger partial charge in [-0.25, -0.2) is 4.98 Å². The Labute approximate surface area is 191 Å². The molecule has 1 amide bonds. The minimum absolute atomic E-state index is 0.117. The molecule has 0 radical (unpaired) electrons. The predicted octanol–water partition coefficient (Wildman–Crippen LogP) is 4.93. The number of benzene rings is 3. The van der Waals surface area contributed by atoms with Crippen LogP contribution in [0.25, 0.3) is 22.0 Å². The molecule has 5 rings (SSSR count). The van der Waals surface area contributed by atoms with E-state index in [9.17, 15) is 4.79 Å². The molecule has 1 aliphatic rings. The van der Waals surface area contributed by atoms with Crippen LogP contribution in [0.5, 0.6) is 5.75 Å². The zero-order valence-electron chi connectivity index (χ0n) is 18.0. The Morgan fingerprint density at radius 1 is 0.969 bits per heavy atom. The molecule has 1 saturated heterocycles. The van der Waals surface area contributed by atoms with Crippen molar-refractivity contribution in [2.24, 2.45) is 0 Å². The van der Waals surface area contributed by atoms with Crippen LogP contribution in [-0.2, 0) is 6.54 Å². The lowest BCUT2D eigenvalue weighted by Gasteiger charge is -2.34. The lowest BCUT2D eigenvalue weighted by atomic mass is 10.1. The van der Waals surface area contributed by atoms with Gasteiger partial charge in [0.2, 0.25) is 0 Å². The zero-order valence-corrected chi connectivity index (χ0v) is 18.8. The summed E-state index contributed by atoms with van der Waals surface area (Å²) >= 11 is 1.69. The van der Waals surface area contributed by atoms with Crippen molar-refractivity contribution in [1.82, 2.24) is 14.8 Å². The number of methoxy groups -OCH3 is 1. The van der Waals surface area contributed by atoms with Crippen LogP contribution >= 0.6 is 11.3 Å². The Morgan fingerprint density at radius 2 is 1.72 bits per heavy atom. The van der Waals surface area contributed by atoms with Crippen LogP contribution in [0.1, 0.15) is 15.4 Å². The first kappa shape index (κ1) is 20.7. The van der Waals surface area contributed by atoms with Gasteiger partial charge in [-0.15, -0.1) is 11.3 Å². The van der Waals surface area contributed by atoms with Gasteiger partial charge in [0.15, 0.2) is 0 Å². The second kappa shape index (κ2) is 9.10. The van der Waals surface area contributed by atoms with E-state index in [0.717, 1.165) is 71.1 Å². The molecule has 162 valence electrons. The lowest BCUT2D eigenvalue weighted by Crippen LogP contribution is -2.48. The van der Waals surface area contributed by atoms with Gasteiger partial charge < -0.3 is 9.64 Å². The highest BCUT2D eigenvalue weighted by atomic mass is 32.1. The first-order chi connectivity index (χ1) is 15.7. The van der Waals surface area contributed by atoms with Crippen molar-refractivity contribution in [3.05, 3.63) is 82.7 Å². The van der Waals surface area contributed by atoms with E-state index in [0.29, 0.717) is 0 Å². The maximum Gasteiger partial charge on any atom is 0.253 e. The number of aromatic nitrogens is 1. The highest BCUT2D eigenvalue weighted by Gasteiger charge is 2.23. The number of rotatable bonds is 5. The normalized spacial score (nSPS) is 14.6. The molecule has 0 aliphatic carbocycles. The molecule has 6 heteroatoms. The molecule has 0 unspecified atom stereocenters. The van der Waals surface area contributed by atoms with Gasteiger partial charge in [0.05, 0.1) is 19.3 Å². The Bertz CT molecular complexity index is 1230. The van der Waals surface area contributed by atoms with Crippen LogP contribution in [0, 0.1) is 0 Å². The molecule has 0 N–H and O–H groups in total. The molecule has 0 saturated carbocycles. The SMILES string of the molecule is COc1ccc(-c2csc(CN3CCN(C(=O)c4ccc5ccccc5c4)CC3)n2)cc1. The van der Waals surface area contributed by atoms with Crippen molar-refractivity contribution in [3.8, 4) is 17.0 Å². The standard InChI is InChI=1S/C26H25N3O2S/c1-31-23-10-8-20(9-11-23)24-18-32-25(27-24)17-28-12-14-29(15-13-28)26(30)22-7-6-19-4-2-3-5-21(19)16-22/h2-11,16,18H,12-15,17H2,1H3. The third kappa shape index (κ3) is 4.38. The van der Waals surface area contributed by atoms with E-state index >= 15 is 0 Å². The molecular formula is C26H25N3O2S. The number of fused-ring (bicyclic) bond motifs is 1. The maximum absolute atomic E-state index is 13.0. The average Bonchev–Trinajstić information content (AvgIpc) is 3.32. The van der Waals surface area contributed by atoms with E-state index in [1.807, 2.05) is 59.5 Å². The minimum Gasteiger partial charge on any atom is -0.497 e. The fourth-order valence-electron chi connectivity index (χ4n) is 4.08. The number of nitrogens with zero attached hydrogens (tertiary/aromatic N) is 3. The van der Waals surface area contributed by atoms with E-state index < -0.39 is 0 Å². The lowest BCUT2D eigenvalue weighted by molar-refractivity contribution is 0.0628. The van der Waals surface area contributed by atoms with Crippen molar-refractivity contribution in [1.29, 1.82) is 0 Å². The number of piperazine rings is 1. The summed E-state index contributed by atoms with van der Waals surface area (Å²) in [7, 11) is 1.67. The third-order valence-electron chi connectivity index (χ3n) is 5.95. The van der Waals surface area contributed by atoms with E-state index in [4.69, 9.17) is 9.72 Å². The Morgan fingerprint density at radius 3 is 2.47 bits per heavy atom. The highest BCUT2D eigenvalue weighted by Crippen LogP contribution is 2.25. The summed E-state index contributed by atoms with van der Waals surface area (Å²) in [5, 5.41) is 5.47. The molecule has 0 atom stereocenters. The van der Waals surface area contributed by atoms with Crippen LogP contribution in [0.15, 0.2) is 72.1 Å². The van der Waals surface area contributed by atoms with Crippen LogP contribution in [0.4, 0.5) is 0 Å². The Hall–Kier alpha value is -3.22. The average molecular weight is 444 g/mol. The Kier molecular flexibility index (Phi) is 5.88. The third-order valence-corrected chi connectivity index (χ3v) is 6.79. The van der Waals surface area contributed by atoms with Crippen LogP contribution < -0.4 is 4.74 Å². The molecule has 1 fully saturated rings. The first-order valence-electron chi connectivity index (χ1n) is 10.8. The molecule has 1 aromatic heterocycles. The molecule has 1 aliphatic heterocycles. The van der Waals surface area contributed by atoms with Crippen molar-refractivity contribution in [3.63, 3.8) is 0 Å². The number of ether oxygens (including phenoxy) is 1. The van der Waals surface area contributed by atoms with Gasteiger partial charge in [-0.1, -0.05) is 30.3 Å². The summed E-state index contributed by atoms with van der Waals surface area (Å²) < 4.78 is 5.23. The number of carbonyl (C=O) groups is 1. The fraction of sp³-hybridized carbons (Fsp3) is 0.231. The quantitative estimate of drug-likeness (QED) is 0.439. The number of amides is 1. The van der Waals surface area contributed by atoms with Gasteiger partial charge in [-0.05, 0) is 47.2 Å². The van der Waals surface area contributed by atoms with Gasteiger partial charge in [0.1, 0.15) is 10.8 Å². The number of hydrogen-bond acceptors (Lipinski definition) is 5. The second-order valence-corrected chi connectivity index (χ2v) is 8.93. The van der Waals surface area contributed by atoms with E-state index in [-0.39, 0.29) is 5.91 Å². The summed E-state index contributed by atoms with van der Waals surface area (Å²) in [4.78, 5) is 22.2. The summed E-state index contributed by atoms with van der Waals surface area (Å²) in [6, 6.07) is 22.1. The molecule has 5 nitrogen and oxygen atoms in total. The molecule has 0 bridgehead atoms. The van der Waals surface area contributed by atoms with Gasteiger partial charge in [0.25, 0.3) is 5.91 Å². The molecule has 4 aromatic rings. The van der Waals surface area contributed by atoms with Gasteiger partial charge in [-0.3, -0.25) is 9.69 Å². The fourth-order valence-corrected chi connectivity index (χ4v) is 4.93. The number of hydrogen-bond donors (Lipinski definition) is 0. The molecular weight excluding hydrogens is 418 g/mol. The van der Waals surface area contributed by atoms with Crippen molar-refractivity contribution in [2.45, 2.75) is 6.54 Å². The number of thiazole rings is 1. The largest absolute Gasteiger partial charge is 0.497 e. The van der Waals surface area contributed by atoms with Gasteiger partial charge >= 0.3 is 0 Å². The van der Waals surface area contributed by atoms with Crippen molar-refractivity contribution < 1.29 is 9.53 Å². The highest BCUT2D eigenvalue weighted by molar-refractivity contribution is 7.09. The summed E-state index contributed by atoms with van der Waals surface area (Å²) in [5.74, 6) is 0.965. The second-order valence-electron chi connectivity index (χ2n) is 7.99. The van der Waals surface area contributed by atoms with Gasteiger partial charge in [0, 0.05) is 42.7 Å². The monoisotopic (exact) mass is 443 g/mol. The van der Waals surface area contributed by atoms with Crippen molar-refractivity contribution >= 4 is 28.0 Å². The summed E-state index contributed by atoms with van der Waals surface area (Å²) in [5.41, 5.74) is 2.86. The Balaban J connectivity index is 1.18. The smallest absolute Gasteiger partial charge is 0.253 e. The van der Waals surface area contributed by atoms with Crippen LogP contribution in [0.3, 0.4) is 0 Å². The summed E-state index contributed by atoms with van der Waals surface area (Å²) in [6.45, 7) is 4.01. The van der Waals surface area contributed by atoms with Crippen LogP contribution in [0.2, 0.25) is 0 Å². The minimum atomic E-state index is 0.117. The first-order valence-corrected chi connectivity index (χ1v) is 11.7. The molecule has 3 aromatic carbocycles. The van der Waals surface area contributed by atoms with E-state index in [2.05, 4.69) is 22.4 Å². The summed E-state index contributed by atoms with van der Waals surface area (Å²) in [6.07, 6.45) is 0. The van der Waals surface area contributed by atoms with Crippen LogP contribution in [-0.4, -0.2) is 54.0 Å². The molecule has 2 heterocycles. The van der Waals surface area contributed by atoms with E-state index in [1.54, 1.807) is 18.4 Å². The number of carbonyl (C=O) groups excluding carboxylic acids is 1. The van der Waals surface area contributed by atoms with E-state index in [1.165, 1.54) is 0 Å². The molecule has 32 heavy (non-hydrogen) atoms. The molecule has 0 spiro atoms. The zero-order chi connectivity index (χ0) is 21.9. The predicted molar refractivity (Wildman–Crippen MR) is 129 cm³/mol. The topological polar surface area (TPSA) is 45.7 Å². The maximum atomic E-state index is 13.0. The van der Waals surface area contributed by atoms with Crippen molar-refractivity contribution in [2.75, 3.05) is 33.3 Å². The van der Waals surface area contributed by atoms with Gasteiger partial charge in [-0.2, -0.15) is 0 Å².